The van der Waals surface area contributed by atoms with Crippen molar-refractivity contribution in [2.75, 3.05) is 40.5 Å². The van der Waals surface area contributed by atoms with E-state index in [-0.39, 0.29) is 11.4 Å². The second-order valence-electron chi connectivity index (χ2n) is 6.64. The highest BCUT2D eigenvalue weighted by atomic mass is 16.5. The molecule has 1 heterocycles. The van der Waals surface area contributed by atoms with E-state index in [1.165, 1.54) is 0 Å². The maximum Gasteiger partial charge on any atom is 0.251 e. The lowest BCUT2D eigenvalue weighted by molar-refractivity contribution is -0.00658. The molecule has 1 aromatic carbocycles. The zero-order chi connectivity index (χ0) is 17.4. The molecular formula is C19H30N2O3. The number of amides is 1. The van der Waals surface area contributed by atoms with Gasteiger partial charge in [-0.25, -0.2) is 0 Å². The number of unbranched alkanes of at least 4 members (excludes halogenated alkanes) is 1. The fourth-order valence-corrected chi connectivity index (χ4v) is 2.92. The fourth-order valence-electron chi connectivity index (χ4n) is 2.92. The lowest BCUT2D eigenvalue weighted by atomic mass is 9.88. The minimum absolute atomic E-state index is 0.0168. The van der Waals surface area contributed by atoms with E-state index < -0.39 is 0 Å². The topological polar surface area (TPSA) is 50.8 Å². The molecule has 24 heavy (non-hydrogen) atoms. The van der Waals surface area contributed by atoms with E-state index in [0.29, 0.717) is 12.1 Å². The summed E-state index contributed by atoms with van der Waals surface area (Å²) in [7, 11) is 4.14. The number of nitrogens with zero attached hydrogens (tertiary/aromatic N) is 1. The zero-order valence-corrected chi connectivity index (χ0v) is 15.1. The Labute approximate surface area is 145 Å². The number of hydrogen-bond acceptors (Lipinski definition) is 4. The van der Waals surface area contributed by atoms with E-state index in [9.17, 15) is 4.79 Å². The van der Waals surface area contributed by atoms with E-state index in [1.54, 1.807) is 0 Å². The molecule has 0 aromatic heterocycles. The van der Waals surface area contributed by atoms with Crippen LogP contribution in [0.2, 0.25) is 0 Å². The third-order valence-corrected chi connectivity index (χ3v) is 4.83. The molecule has 1 N–H and O–H groups in total. The molecule has 0 radical (unpaired) electrons. The van der Waals surface area contributed by atoms with Crippen molar-refractivity contribution < 1.29 is 14.3 Å². The van der Waals surface area contributed by atoms with Crippen molar-refractivity contribution in [1.82, 2.24) is 10.2 Å². The summed E-state index contributed by atoms with van der Waals surface area (Å²) in [6.07, 6.45) is 4.02. The summed E-state index contributed by atoms with van der Waals surface area (Å²) in [6.45, 7) is 4.98. The summed E-state index contributed by atoms with van der Waals surface area (Å²) in [6, 6.07) is 7.37. The number of likely N-dealkylation sites (N-methyl/N-ethyl adjacent to an activating group) is 1. The van der Waals surface area contributed by atoms with Crippen molar-refractivity contribution in [3.05, 3.63) is 29.8 Å². The second kappa shape index (κ2) is 9.04. The van der Waals surface area contributed by atoms with Gasteiger partial charge in [0.05, 0.1) is 6.61 Å². The number of benzene rings is 1. The smallest absolute Gasteiger partial charge is 0.251 e. The van der Waals surface area contributed by atoms with Crippen molar-refractivity contribution in [3.8, 4) is 5.75 Å². The number of hydrogen-bond donors (Lipinski definition) is 1. The predicted octanol–water partition coefficient (Wildman–Crippen LogP) is 2.71. The van der Waals surface area contributed by atoms with Crippen LogP contribution in [0.1, 0.15) is 43.0 Å². The first-order valence-electron chi connectivity index (χ1n) is 8.83. The van der Waals surface area contributed by atoms with E-state index in [0.717, 1.165) is 51.3 Å². The quantitative estimate of drug-likeness (QED) is 0.743. The van der Waals surface area contributed by atoms with E-state index in [1.807, 2.05) is 24.3 Å². The Balaban J connectivity index is 1.89. The van der Waals surface area contributed by atoms with Gasteiger partial charge in [0.25, 0.3) is 5.91 Å². The van der Waals surface area contributed by atoms with Crippen LogP contribution in [-0.2, 0) is 4.74 Å². The first-order chi connectivity index (χ1) is 11.6. The molecule has 5 nitrogen and oxygen atoms in total. The molecule has 2 rings (SSSR count). The first kappa shape index (κ1) is 18.7. The van der Waals surface area contributed by atoms with Gasteiger partial charge >= 0.3 is 0 Å². The summed E-state index contributed by atoms with van der Waals surface area (Å²) in [4.78, 5) is 14.6. The molecule has 1 fully saturated rings. The maximum atomic E-state index is 12.4. The van der Waals surface area contributed by atoms with Crippen LogP contribution in [0.25, 0.3) is 0 Å². The van der Waals surface area contributed by atoms with Gasteiger partial charge in [-0.15, -0.1) is 0 Å². The summed E-state index contributed by atoms with van der Waals surface area (Å²) in [5, 5.41) is 3.09. The van der Waals surface area contributed by atoms with E-state index >= 15 is 0 Å². The van der Waals surface area contributed by atoms with Crippen molar-refractivity contribution in [2.45, 2.75) is 38.1 Å². The molecule has 0 bridgehead atoms. The van der Waals surface area contributed by atoms with Crippen LogP contribution in [0.15, 0.2) is 24.3 Å². The van der Waals surface area contributed by atoms with Gasteiger partial charge in [0.1, 0.15) is 5.75 Å². The number of nitrogens with one attached hydrogen (secondary N) is 1. The number of ether oxygens (including phenoxy) is 2. The molecule has 1 amide bonds. The largest absolute Gasteiger partial charge is 0.494 e. The summed E-state index contributed by atoms with van der Waals surface area (Å²) >= 11 is 0. The summed E-state index contributed by atoms with van der Waals surface area (Å²) < 4.78 is 11.1. The van der Waals surface area contributed by atoms with Crippen LogP contribution in [0.5, 0.6) is 5.75 Å². The Bertz CT molecular complexity index is 508. The molecule has 1 saturated heterocycles. The molecule has 5 heteroatoms. The number of rotatable bonds is 8. The fraction of sp³-hybridized carbons (Fsp3) is 0.632. The van der Waals surface area contributed by atoms with Crippen molar-refractivity contribution in [2.24, 2.45) is 0 Å². The third kappa shape index (κ3) is 4.95. The highest BCUT2D eigenvalue weighted by molar-refractivity contribution is 5.94. The van der Waals surface area contributed by atoms with Crippen LogP contribution in [-0.4, -0.2) is 56.8 Å². The van der Waals surface area contributed by atoms with Gasteiger partial charge in [0.2, 0.25) is 0 Å². The Morgan fingerprint density at radius 2 is 1.92 bits per heavy atom. The SMILES string of the molecule is CCCCOc1ccc(C(=O)NCC2(N(C)C)CCOCC2)cc1. The minimum atomic E-state index is -0.0391. The van der Waals surface area contributed by atoms with Crippen LogP contribution < -0.4 is 10.1 Å². The Morgan fingerprint density at radius 3 is 2.50 bits per heavy atom. The number of carbonyl (C=O) groups excluding carboxylic acids is 1. The Morgan fingerprint density at radius 1 is 1.25 bits per heavy atom. The maximum absolute atomic E-state index is 12.4. The molecule has 0 saturated carbocycles. The molecule has 0 atom stereocenters. The van der Waals surface area contributed by atoms with Crippen LogP contribution in [0, 0.1) is 0 Å². The molecule has 0 unspecified atom stereocenters. The summed E-state index contributed by atoms with van der Waals surface area (Å²) in [5.41, 5.74) is 0.649. The van der Waals surface area contributed by atoms with Crippen molar-refractivity contribution in [1.29, 1.82) is 0 Å². The zero-order valence-electron chi connectivity index (χ0n) is 15.1. The molecule has 1 aliphatic rings. The van der Waals surface area contributed by atoms with Crippen LogP contribution in [0.4, 0.5) is 0 Å². The molecule has 134 valence electrons. The number of carbonyl (C=O) groups is 1. The third-order valence-electron chi connectivity index (χ3n) is 4.83. The lowest BCUT2D eigenvalue weighted by Gasteiger charge is -2.42. The highest BCUT2D eigenvalue weighted by Crippen LogP contribution is 2.25. The average molecular weight is 334 g/mol. The summed E-state index contributed by atoms with van der Waals surface area (Å²) in [5.74, 6) is 0.775. The van der Waals surface area contributed by atoms with Gasteiger partial charge < -0.3 is 19.7 Å². The van der Waals surface area contributed by atoms with Crippen LogP contribution in [0.3, 0.4) is 0 Å². The van der Waals surface area contributed by atoms with E-state index in [2.05, 4.69) is 31.2 Å². The lowest BCUT2D eigenvalue weighted by Crippen LogP contribution is -2.55. The molecule has 1 aromatic rings. The van der Waals surface area contributed by atoms with Crippen molar-refractivity contribution in [3.63, 3.8) is 0 Å². The molecule has 0 aliphatic carbocycles. The van der Waals surface area contributed by atoms with E-state index in [4.69, 9.17) is 9.47 Å². The minimum Gasteiger partial charge on any atom is -0.494 e. The van der Waals surface area contributed by atoms with Gasteiger partial charge in [-0.3, -0.25) is 4.79 Å². The Hall–Kier alpha value is -1.59. The average Bonchev–Trinajstić information content (AvgIpc) is 2.61. The highest BCUT2D eigenvalue weighted by Gasteiger charge is 2.35. The van der Waals surface area contributed by atoms with Gasteiger partial charge in [-0.05, 0) is 57.6 Å². The van der Waals surface area contributed by atoms with Gasteiger partial charge in [-0.2, -0.15) is 0 Å². The van der Waals surface area contributed by atoms with Crippen LogP contribution >= 0.6 is 0 Å². The predicted molar refractivity (Wildman–Crippen MR) is 95.6 cm³/mol. The molecular weight excluding hydrogens is 304 g/mol. The monoisotopic (exact) mass is 334 g/mol. The second-order valence-corrected chi connectivity index (χ2v) is 6.64. The van der Waals surface area contributed by atoms with Crippen molar-refractivity contribution >= 4 is 5.91 Å². The Kier molecular flexibility index (Phi) is 7.06. The molecule has 0 spiro atoms. The van der Waals surface area contributed by atoms with Gasteiger partial charge in [-0.1, -0.05) is 13.3 Å². The normalized spacial score (nSPS) is 16.8. The van der Waals surface area contributed by atoms with Gasteiger partial charge in [0, 0.05) is 30.9 Å². The molecule has 1 aliphatic heterocycles. The van der Waals surface area contributed by atoms with Gasteiger partial charge in [0.15, 0.2) is 0 Å². The standard InChI is InChI=1S/C19H30N2O3/c1-4-5-12-24-17-8-6-16(7-9-17)18(22)20-15-19(21(2)3)10-13-23-14-11-19/h6-9H,4-5,10-15H2,1-3H3,(H,20,22). The first-order valence-corrected chi connectivity index (χ1v) is 8.83.